The van der Waals surface area contributed by atoms with Gasteiger partial charge >= 0.3 is 6.03 Å². The van der Waals surface area contributed by atoms with Crippen molar-refractivity contribution in [2.75, 3.05) is 13.1 Å². The second-order valence-corrected chi connectivity index (χ2v) is 5.01. The molecule has 0 aliphatic carbocycles. The molecule has 0 spiro atoms. The number of hydrogen-bond donors (Lipinski definition) is 0. The molecule has 86 valence electrons. The summed E-state index contributed by atoms with van der Waals surface area (Å²) in [5.74, 6) is 0. The van der Waals surface area contributed by atoms with E-state index in [9.17, 15) is 4.79 Å². The van der Waals surface area contributed by atoms with Crippen molar-refractivity contribution in [3.05, 3.63) is 0 Å². The van der Waals surface area contributed by atoms with Crippen LogP contribution in [0, 0.1) is 0 Å². The highest BCUT2D eigenvalue weighted by atomic mass is 16.2. The van der Waals surface area contributed by atoms with Crippen molar-refractivity contribution >= 4 is 6.03 Å². The minimum absolute atomic E-state index is 0.284. The van der Waals surface area contributed by atoms with Gasteiger partial charge in [-0.3, -0.25) is 0 Å². The molecule has 2 unspecified atom stereocenters. The average molecular weight is 210 g/mol. The highest BCUT2D eigenvalue weighted by Gasteiger charge is 2.32. The van der Waals surface area contributed by atoms with Gasteiger partial charge in [-0.05, 0) is 46.0 Å². The van der Waals surface area contributed by atoms with Gasteiger partial charge in [0.25, 0.3) is 0 Å². The van der Waals surface area contributed by atoms with E-state index in [1.54, 1.807) is 0 Å². The molecule has 2 heterocycles. The van der Waals surface area contributed by atoms with Crippen LogP contribution in [0.1, 0.15) is 46.0 Å². The molecule has 0 N–H and O–H groups in total. The van der Waals surface area contributed by atoms with Crippen LogP contribution < -0.4 is 0 Å². The Morgan fingerprint density at radius 2 is 1.53 bits per heavy atom. The number of likely N-dealkylation sites (tertiary alicyclic amines) is 2. The third-order valence-electron chi connectivity index (χ3n) is 3.79. The maximum Gasteiger partial charge on any atom is 0.320 e. The number of carbonyl (C=O) groups excluding carboxylic acids is 1. The number of carbonyl (C=O) groups is 1. The molecule has 0 aromatic rings. The summed E-state index contributed by atoms with van der Waals surface area (Å²) in [5, 5.41) is 0. The Kier molecular flexibility index (Phi) is 3.17. The molecule has 2 aliphatic rings. The van der Waals surface area contributed by atoms with E-state index in [-0.39, 0.29) is 6.03 Å². The highest BCUT2D eigenvalue weighted by molar-refractivity contribution is 5.75. The zero-order chi connectivity index (χ0) is 10.8. The van der Waals surface area contributed by atoms with Gasteiger partial charge in [0.2, 0.25) is 0 Å². The van der Waals surface area contributed by atoms with Gasteiger partial charge < -0.3 is 9.80 Å². The molecular formula is C12H22N2O. The van der Waals surface area contributed by atoms with Crippen LogP contribution in [0.5, 0.6) is 0 Å². The maximum atomic E-state index is 12.3. The van der Waals surface area contributed by atoms with Gasteiger partial charge in [-0.15, -0.1) is 0 Å². The van der Waals surface area contributed by atoms with E-state index < -0.39 is 0 Å². The number of piperidine rings is 1. The molecule has 2 fully saturated rings. The Balaban J connectivity index is 2.02. The molecule has 15 heavy (non-hydrogen) atoms. The fourth-order valence-corrected chi connectivity index (χ4v) is 2.87. The number of rotatable bonds is 0. The van der Waals surface area contributed by atoms with Crippen LogP contribution in [0.25, 0.3) is 0 Å². The number of urea groups is 1. The minimum atomic E-state index is 0.284. The van der Waals surface area contributed by atoms with Crippen molar-refractivity contribution < 1.29 is 4.79 Å². The van der Waals surface area contributed by atoms with Crippen molar-refractivity contribution in [3.8, 4) is 0 Å². The van der Waals surface area contributed by atoms with Crippen LogP contribution in [-0.4, -0.2) is 41.0 Å². The smallest absolute Gasteiger partial charge is 0.320 e. The van der Waals surface area contributed by atoms with E-state index in [1.165, 1.54) is 32.1 Å². The summed E-state index contributed by atoms with van der Waals surface area (Å²) in [6.45, 7) is 6.30. The second kappa shape index (κ2) is 4.42. The molecule has 0 radical (unpaired) electrons. The topological polar surface area (TPSA) is 23.6 Å². The van der Waals surface area contributed by atoms with Crippen molar-refractivity contribution in [2.24, 2.45) is 0 Å². The third kappa shape index (κ3) is 2.11. The van der Waals surface area contributed by atoms with Gasteiger partial charge in [0.15, 0.2) is 0 Å². The lowest BCUT2D eigenvalue weighted by molar-refractivity contribution is 0.0980. The Morgan fingerprint density at radius 1 is 1.00 bits per heavy atom. The van der Waals surface area contributed by atoms with Crippen molar-refractivity contribution in [1.82, 2.24) is 9.80 Å². The second-order valence-electron chi connectivity index (χ2n) is 5.01. The summed E-state index contributed by atoms with van der Waals surface area (Å²) in [6.07, 6.45) is 5.98. The fraction of sp³-hybridized carbons (Fsp3) is 0.917. The van der Waals surface area contributed by atoms with Gasteiger partial charge in [-0.2, -0.15) is 0 Å². The van der Waals surface area contributed by atoms with Crippen molar-refractivity contribution in [1.29, 1.82) is 0 Å². The first-order valence-corrected chi connectivity index (χ1v) is 6.27. The molecular weight excluding hydrogens is 188 g/mol. The highest BCUT2D eigenvalue weighted by Crippen LogP contribution is 2.24. The summed E-state index contributed by atoms with van der Waals surface area (Å²) < 4.78 is 0. The lowest BCUT2D eigenvalue weighted by Crippen LogP contribution is -2.52. The first kappa shape index (κ1) is 10.8. The summed E-state index contributed by atoms with van der Waals surface area (Å²) >= 11 is 0. The number of hydrogen-bond acceptors (Lipinski definition) is 1. The van der Waals surface area contributed by atoms with Crippen LogP contribution in [0.3, 0.4) is 0 Å². The first-order valence-electron chi connectivity index (χ1n) is 6.27. The molecule has 0 saturated carbocycles. The Bertz CT molecular complexity index is 226. The largest absolute Gasteiger partial charge is 0.325 e. The monoisotopic (exact) mass is 210 g/mol. The van der Waals surface area contributed by atoms with E-state index in [1.807, 2.05) is 4.90 Å². The minimum Gasteiger partial charge on any atom is -0.325 e. The molecule has 2 rings (SSSR count). The van der Waals surface area contributed by atoms with Gasteiger partial charge in [0.1, 0.15) is 0 Å². The van der Waals surface area contributed by atoms with Crippen molar-refractivity contribution in [2.45, 2.75) is 58.0 Å². The van der Waals surface area contributed by atoms with E-state index in [0.29, 0.717) is 12.1 Å². The molecule has 2 atom stereocenters. The Hall–Kier alpha value is -0.730. The van der Waals surface area contributed by atoms with Gasteiger partial charge in [-0.25, -0.2) is 4.79 Å². The number of amides is 2. The van der Waals surface area contributed by atoms with Crippen LogP contribution in [-0.2, 0) is 0 Å². The SMILES string of the molecule is CC1CCCC(C)N1C(=O)N1CCCC1. The molecule has 2 amide bonds. The van der Waals surface area contributed by atoms with Crippen molar-refractivity contribution in [3.63, 3.8) is 0 Å². The van der Waals surface area contributed by atoms with Crippen LogP contribution in [0.15, 0.2) is 0 Å². The fourth-order valence-electron chi connectivity index (χ4n) is 2.87. The zero-order valence-electron chi connectivity index (χ0n) is 9.91. The molecule has 0 aromatic carbocycles. The van der Waals surface area contributed by atoms with E-state index in [4.69, 9.17) is 0 Å². The Labute approximate surface area is 92.4 Å². The summed E-state index contributed by atoms with van der Waals surface area (Å²) in [4.78, 5) is 16.4. The first-order chi connectivity index (χ1) is 7.20. The van der Waals surface area contributed by atoms with Gasteiger partial charge in [0, 0.05) is 25.2 Å². The standard InChI is InChI=1S/C12H22N2O/c1-10-6-5-7-11(2)14(10)12(15)13-8-3-4-9-13/h10-11H,3-9H2,1-2H3. The van der Waals surface area contributed by atoms with E-state index in [0.717, 1.165) is 13.1 Å². The molecule has 3 heteroatoms. The molecule has 2 saturated heterocycles. The third-order valence-corrected chi connectivity index (χ3v) is 3.79. The van der Waals surface area contributed by atoms with E-state index in [2.05, 4.69) is 18.7 Å². The molecule has 0 bridgehead atoms. The molecule has 2 aliphatic heterocycles. The zero-order valence-corrected chi connectivity index (χ0v) is 9.91. The van der Waals surface area contributed by atoms with Crippen LogP contribution in [0.2, 0.25) is 0 Å². The lowest BCUT2D eigenvalue weighted by atomic mass is 9.98. The lowest BCUT2D eigenvalue weighted by Gasteiger charge is -2.41. The summed E-state index contributed by atoms with van der Waals surface area (Å²) in [7, 11) is 0. The summed E-state index contributed by atoms with van der Waals surface area (Å²) in [5.41, 5.74) is 0. The van der Waals surface area contributed by atoms with Crippen LogP contribution in [0.4, 0.5) is 4.79 Å². The predicted molar refractivity (Wildman–Crippen MR) is 60.8 cm³/mol. The van der Waals surface area contributed by atoms with Gasteiger partial charge in [-0.1, -0.05) is 0 Å². The molecule has 0 aromatic heterocycles. The van der Waals surface area contributed by atoms with E-state index >= 15 is 0 Å². The van der Waals surface area contributed by atoms with Gasteiger partial charge in [0.05, 0.1) is 0 Å². The predicted octanol–water partition coefficient (Wildman–Crippen LogP) is 2.47. The normalized spacial score (nSPS) is 32.1. The van der Waals surface area contributed by atoms with Crippen LogP contribution >= 0.6 is 0 Å². The summed E-state index contributed by atoms with van der Waals surface area (Å²) in [6, 6.07) is 1.15. The molecule has 3 nitrogen and oxygen atoms in total. The number of nitrogens with zero attached hydrogens (tertiary/aromatic N) is 2. The Morgan fingerprint density at radius 3 is 2.07 bits per heavy atom. The quantitative estimate of drug-likeness (QED) is 0.602. The maximum absolute atomic E-state index is 12.3. The average Bonchev–Trinajstić information content (AvgIpc) is 2.69.